The molecule has 9 heteroatoms. The van der Waals surface area contributed by atoms with E-state index in [1.807, 2.05) is 0 Å². The molecule has 0 saturated carbocycles. The molecule has 0 spiro atoms. The second kappa shape index (κ2) is 3.69. The predicted octanol–water partition coefficient (Wildman–Crippen LogP) is 0.160. The summed E-state index contributed by atoms with van der Waals surface area (Å²) in [7, 11) is 0. The lowest BCUT2D eigenvalue weighted by Crippen LogP contribution is -2.44. The number of thioether (sulfide) groups is 1. The fourth-order valence-electron chi connectivity index (χ4n) is 2.16. The highest BCUT2D eigenvalue weighted by atomic mass is 32.2. The van der Waals surface area contributed by atoms with Crippen molar-refractivity contribution in [2.45, 2.75) is 17.3 Å². The second-order valence-electron chi connectivity index (χ2n) is 4.00. The van der Waals surface area contributed by atoms with E-state index in [0.29, 0.717) is 0 Å². The summed E-state index contributed by atoms with van der Waals surface area (Å²) in [4.78, 5) is 34.7. The van der Waals surface area contributed by atoms with Gasteiger partial charge in [-0.2, -0.15) is 11.8 Å². The van der Waals surface area contributed by atoms with Crippen LogP contribution in [0.4, 0.5) is 14.4 Å². The van der Waals surface area contributed by atoms with E-state index in [1.54, 1.807) is 11.8 Å². The number of imide groups is 1. The van der Waals surface area contributed by atoms with Gasteiger partial charge in [0.2, 0.25) is 0 Å². The van der Waals surface area contributed by atoms with Gasteiger partial charge in [-0.25, -0.2) is 19.3 Å². The topological polar surface area (TPSA) is 103 Å². The Labute approximate surface area is 100 Å². The first-order valence-corrected chi connectivity index (χ1v) is 6.16. The highest BCUT2D eigenvalue weighted by Crippen LogP contribution is 2.31. The zero-order chi connectivity index (χ0) is 12.0. The fourth-order valence-corrected chi connectivity index (χ4v) is 3.62. The minimum Gasteiger partial charge on any atom is -0.332 e. The van der Waals surface area contributed by atoms with Crippen molar-refractivity contribution in [3.8, 4) is 0 Å². The third kappa shape index (κ3) is 1.66. The Kier molecular flexibility index (Phi) is 2.28. The Morgan fingerprint density at radius 2 is 1.94 bits per heavy atom. The Hall–Kier alpha value is -1.64. The molecule has 0 radical (unpaired) electrons. The van der Waals surface area contributed by atoms with Gasteiger partial charge in [0.05, 0.1) is 12.1 Å². The van der Waals surface area contributed by atoms with Crippen LogP contribution in [0.15, 0.2) is 10.2 Å². The van der Waals surface area contributed by atoms with Crippen LogP contribution in [0, 0.1) is 0 Å². The molecule has 90 valence electrons. The van der Waals surface area contributed by atoms with E-state index in [1.165, 1.54) is 0 Å². The van der Waals surface area contributed by atoms with E-state index >= 15 is 0 Å². The number of carbonyl (C=O) groups excluding carboxylic acids is 3. The zero-order valence-electron chi connectivity index (χ0n) is 8.62. The van der Waals surface area contributed by atoms with Gasteiger partial charge >= 0.3 is 18.1 Å². The van der Waals surface area contributed by atoms with Crippen molar-refractivity contribution in [2.75, 3.05) is 12.3 Å². The molecule has 0 aromatic heterocycles. The van der Waals surface area contributed by atoms with Gasteiger partial charge in [0.1, 0.15) is 0 Å². The average Bonchev–Trinajstić information content (AvgIpc) is 2.90. The summed E-state index contributed by atoms with van der Waals surface area (Å²) < 4.78 is 0. The number of hydrogen-bond donors (Lipinski definition) is 2. The molecular weight excluding hydrogens is 246 g/mol. The number of amides is 6. The maximum absolute atomic E-state index is 11.3. The smallest absolute Gasteiger partial charge is 0.332 e. The van der Waals surface area contributed by atoms with Crippen molar-refractivity contribution in [1.29, 1.82) is 0 Å². The number of hydrogen-bond acceptors (Lipinski definition) is 4. The molecular formula is C8H9N5O3S. The molecule has 8 nitrogen and oxygen atoms in total. The first-order valence-electron chi connectivity index (χ1n) is 5.11. The molecule has 3 aliphatic rings. The number of nitrogens with one attached hydrogen (secondary N) is 2. The van der Waals surface area contributed by atoms with Crippen LogP contribution < -0.4 is 10.6 Å². The summed E-state index contributed by atoms with van der Waals surface area (Å²) in [6.45, 7) is 0.235. The van der Waals surface area contributed by atoms with E-state index in [9.17, 15) is 14.4 Å². The van der Waals surface area contributed by atoms with Crippen molar-refractivity contribution in [3.05, 3.63) is 0 Å². The summed E-state index contributed by atoms with van der Waals surface area (Å²) >= 11 is 1.62. The molecule has 0 aromatic rings. The van der Waals surface area contributed by atoms with Crippen LogP contribution in [-0.2, 0) is 0 Å². The lowest BCUT2D eigenvalue weighted by Gasteiger charge is -2.20. The zero-order valence-corrected chi connectivity index (χ0v) is 9.44. The molecule has 0 aromatic carbocycles. The van der Waals surface area contributed by atoms with Crippen LogP contribution in [-0.4, -0.2) is 52.6 Å². The number of azo groups is 1. The van der Waals surface area contributed by atoms with Gasteiger partial charge in [-0.3, -0.25) is 0 Å². The first-order chi connectivity index (χ1) is 8.15. The Balaban J connectivity index is 1.68. The van der Waals surface area contributed by atoms with E-state index < -0.39 is 12.1 Å². The van der Waals surface area contributed by atoms with Gasteiger partial charge in [-0.15, -0.1) is 0 Å². The highest BCUT2D eigenvalue weighted by molar-refractivity contribution is 8.00. The van der Waals surface area contributed by atoms with Crippen LogP contribution in [0.1, 0.15) is 0 Å². The fraction of sp³-hybridized carbons (Fsp3) is 0.625. The molecule has 2 saturated heterocycles. The lowest BCUT2D eigenvalue weighted by molar-refractivity contribution is 0.204. The highest BCUT2D eigenvalue weighted by Gasteiger charge is 2.45. The van der Waals surface area contributed by atoms with Crippen LogP contribution in [0.2, 0.25) is 0 Å². The number of fused-ring (bicyclic) bond motifs is 1. The molecule has 17 heavy (non-hydrogen) atoms. The molecule has 3 heterocycles. The van der Waals surface area contributed by atoms with Crippen LogP contribution in [0.5, 0.6) is 0 Å². The largest absolute Gasteiger partial charge is 0.370 e. The minimum absolute atomic E-state index is 0.00431. The van der Waals surface area contributed by atoms with E-state index in [2.05, 4.69) is 20.9 Å². The summed E-state index contributed by atoms with van der Waals surface area (Å²) in [5.74, 6) is 0.776. The third-order valence-electron chi connectivity index (χ3n) is 2.98. The standard InChI is InChI=1S/C8H9N5O3S/c14-6-9-3-2-17-4(5(3)10-6)1-13-7(15)11-12-8(13)16/h3-5H,1-2H2,(H2,9,10,14). The van der Waals surface area contributed by atoms with E-state index in [0.717, 1.165) is 10.7 Å². The molecule has 2 N–H and O–H groups in total. The Morgan fingerprint density at radius 3 is 2.65 bits per heavy atom. The van der Waals surface area contributed by atoms with Gasteiger partial charge in [0.15, 0.2) is 0 Å². The summed E-state index contributed by atoms with van der Waals surface area (Å²) in [5.41, 5.74) is 0. The maximum Gasteiger partial charge on any atom is 0.370 e. The Bertz CT molecular complexity index is 421. The van der Waals surface area contributed by atoms with Gasteiger partial charge in [0.25, 0.3) is 0 Å². The van der Waals surface area contributed by atoms with Crippen molar-refractivity contribution >= 4 is 29.9 Å². The average molecular weight is 255 g/mol. The van der Waals surface area contributed by atoms with E-state index in [-0.39, 0.29) is 29.9 Å². The van der Waals surface area contributed by atoms with Gasteiger partial charge in [-0.1, -0.05) is 10.2 Å². The molecule has 3 atom stereocenters. The molecule has 3 unspecified atom stereocenters. The molecule has 6 amide bonds. The summed E-state index contributed by atoms with van der Waals surface area (Å²) in [6, 6.07) is -1.43. The van der Waals surface area contributed by atoms with Crippen molar-refractivity contribution in [1.82, 2.24) is 15.5 Å². The molecule has 0 bridgehead atoms. The summed E-state index contributed by atoms with van der Waals surface area (Å²) in [6.07, 6.45) is 0. The molecule has 3 aliphatic heterocycles. The Morgan fingerprint density at radius 1 is 1.24 bits per heavy atom. The minimum atomic E-state index is -0.628. The lowest BCUT2D eigenvalue weighted by atomic mass is 10.1. The maximum atomic E-state index is 11.3. The SMILES string of the molecule is O=C1NC2CSC(CN3C(=O)N=NC3=O)C2N1. The number of carbonyl (C=O) groups is 3. The van der Waals surface area contributed by atoms with Gasteiger partial charge < -0.3 is 10.6 Å². The third-order valence-corrected chi connectivity index (χ3v) is 4.41. The predicted molar refractivity (Wildman–Crippen MR) is 57.8 cm³/mol. The first kappa shape index (κ1) is 10.5. The van der Waals surface area contributed by atoms with Crippen molar-refractivity contribution in [3.63, 3.8) is 0 Å². The summed E-state index contributed by atoms with van der Waals surface area (Å²) in [5, 5.41) is 12.0. The molecule has 2 fully saturated rings. The molecule has 0 aliphatic carbocycles. The van der Waals surface area contributed by atoms with Crippen molar-refractivity contribution in [2.24, 2.45) is 10.2 Å². The number of nitrogens with zero attached hydrogens (tertiary/aromatic N) is 3. The monoisotopic (exact) mass is 255 g/mol. The number of urea groups is 3. The van der Waals surface area contributed by atoms with Crippen LogP contribution >= 0.6 is 11.8 Å². The van der Waals surface area contributed by atoms with Crippen molar-refractivity contribution < 1.29 is 14.4 Å². The van der Waals surface area contributed by atoms with Crippen LogP contribution in [0.25, 0.3) is 0 Å². The number of rotatable bonds is 2. The van der Waals surface area contributed by atoms with Gasteiger partial charge in [-0.05, 0) is 0 Å². The van der Waals surface area contributed by atoms with Gasteiger partial charge in [0, 0.05) is 17.5 Å². The second-order valence-corrected chi connectivity index (χ2v) is 5.27. The molecule has 3 rings (SSSR count). The van der Waals surface area contributed by atoms with Crippen LogP contribution in [0.3, 0.4) is 0 Å². The normalized spacial score (nSPS) is 35.2. The quantitative estimate of drug-likeness (QED) is 0.686. The van der Waals surface area contributed by atoms with E-state index in [4.69, 9.17) is 0 Å².